The van der Waals surface area contributed by atoms with Crippen molar-refractivity contribution in [1.29, 1.82) is 0 Å². The summed E-state index contributed by atoms with van der Waals surface area (Å²) in [6, 6.07) is -4.64. The zero-order valence-corrected chi connectivity index (χ0v) is 16.0. The van der Waals surface area contributed by atoms with Crippen LogP contribution in [0.5, 0.6) is 0 Å². The summed E-state index contributed by atoms with van der Waals surface area (Å²) in [5, 5.41) is 33.1. The standard InChI is InChI=1S/C16H26N4O9/c1-3-7(2)13(20-10(21)6-17)15(27)18-8(4-11(22)23)14(26)19-9(16(28)29)5-12(24)25/h7-9,13H,3-6,17H2,1-2H3,(H,18,27)(H,19,26)(H,20,21)(H,22,23)(H,24,25)(H,28,29). The molecule has 0 bridgehead atoms. The molecular weight excluding hydrogens is 392 g/mol. The van der Waals surface area contributed by atoms with E-state index in [9.17, 15) is 28.8 Å². The Morgan fingerprint density at radius 2 is 1.31 bits per heavy atom. The monoisotopic (exact) mass is 418 g/mol. The van der Waals surface area contributed by atoms with Gasteiger partial charge in [0.1, 0.15) is 18.1 Å². The first-order valence-electron chi connectivity index (χ1n) is 8.69. The number of hydrogen-bond acceptors (Lipinski definition) is 7. The lowest BCUT2D eigenvalue weighted by molar-refractivity contribution is -0.148. The Morgan fingerprint density at radius 3 is 1.72 bits per heavy atom. The molecule has 164 valence electrons. The predicted octanol–water partition coefficient (Wildman–Crippen LogP) is -2.52. The fraction of sp³-hybridized carbons (Fsp3) is 0.625. The van der Waals surface area contributed by atoms with Crippen LogP contribution in [0.1, 0.15) is 33.1 Å². The number of carbonyl (C=O) groups is 6. The van der Waals surface area contributed by atoms with Crippen LogP contribution in [0.2, 0.25) is 0 Å². The Bertz CT molecular complexity index is 652. The molecule has 0 aliphatic heterocycles. The third kappa shape index (κ3) is 9.51. The van der Waals surface area contributed by atoms with Crippen molar-refractivity contribution < 1.29 is 44.1 Å². The van der Waals surface area contributed by atoms with Crippen LogP contribution in [0.3, 0.4) is 0 Å². The van der Waals surface area contributed by atoms with Crippen LogP contribution >= 0.6 is 0 Å². The van der Waals surface area contributed by atoms with E-state index in [1.54, 1.807) is 13.8 Å². The highest BCUT2D eigenvalue weighted by Gasteiger charge is 2.33. The molecule has 0 saturated carbocycles. The van der Waals surface area contributed by atoms with E-state index in [1.807, 2.05) is 5.32 Å². The Morgan fingerprint density at radius 1 is 0.828 bits per heavy atom. The molecule has 3 amide bonds. The van der Waals surface area contributed by atoms with Gasteiger partial charge in [-0.15, -0.1) is 0 Å². The molecular formula is C16H26N4O9. The lowest BCUT2D eigenvalue weighted by Gasteiger charge is -2.26. The van der Waals surface area contributed by atoms with Crippen LogP contribution < -0.4 is 21.7 Å². The lowest BCUT2D eigenvalue weighted by atomic mass is 9.97. The zero-order valence-electron chi connectivity index (χ0n) is 16.0. The maximum Gasteiger partial charge on any atom is 0.326 e. The smallest absolute Gasteiger partial charge is 0.326 e. The molecule has 0 fully saturated rings. The third-order valence-electron chi connectivity index (χ3n) is 4.00. The van der Waals surface area contributed by atoms with Gasteiger partial charge in [0.05, 0.1) is 19.4 Å². The second kappa shape index (κ2) is 12.3. The highest BCUT2D eigenvalue weighted by atomic mass is 16.4. The second-order valence-corrected chi connectivity index (χ2v) is 6.29. The Balaban J connectivity index is 5.47. The van der Waals surface area contributed by atoms with E-state index >= 15 is 0 Å². The van der Waals surface area contributed by atoms with E-state index in [0.717, 1.165) is 0 Å². The summed E-state index contributed by atoms with van der Waals surface area (Å²) in [4.78, 5) is 69.3. The molecule has 0 aliphatic rings. The van der Waals surface area contributed by atoms with Gasteiger partial charge in [0.2, 0.25) is 17.7 Å². The van der Waals surface area contributed by atoms with Gasteiger partial charge >= 0.3 is 17.9 Å². The molecule has 0 radical (unpaired) electrons. The molecule has 13 nitrogen and oxygen atoms in total. The topological polar surface area (TPSA) is 225 Å². The van der Waals surface area contributed by atoms with E-state index in [0.29, 0.717) is 6.42 Å². The second-order valence-electron chi connectivity index (χ2n) is 6.29. The average molecular weight is 418 g/mol. The molecule has 13 heteroatoms. The average Bonchev–Trinajstić information content (AvgIpc) is 2.62. The summed E-state index contributed by atoms with van der Waals surface area (Å²) in [6.45, 7) is 2.99. The third-order valence-corrected chi connectivity index (χ3v) is 4.00. The van der Waals surface area contributed by atoms with Crippen molar-refractivity contribution in [1.82, 2.24) is 16.0 Å². The SMILES string of the molecule is CCC(C)C(NC(=O)CN)C(=O)NC(CC(=O)O)C(=O)NC(CC(=O)O)C(=O)O. The molecule has 29 heavy (non-hydrogen) atoms. The number of hydrogen-bond donors (Lipinski definition) is 7. The quantitative estimate of drug-likeness (QED) is 0.166. The van der Waals surface area contributed by atoms with Gasteiger partial charge in [0.25, 0.3) is 0 Å². The van der Waals surface area contributed by atoms with Crippen molar-refractivity contribution in [3.05, 3.63) is 0 Å². The number of aliphatic carboxylic acids is 3. The Hall–Kier alpha value is -3.22. The number of rotatable bonds is 13. The van der Waals surface area contributed by atoms with Gasteiger partial charge in [-0.25, -0.2) is 4.79 Å². The van der Waals surface area contributed by atoms with Crippen molar-refractivity contribution in [3.8, 4) is 0 Å². The molecule has 0 heterocycles. The molecule has 0 aromatic heterocycles. The summed E-state index contributed by atoms with van der Waals surface area (Å²) >= 11 is 0. The molecule has 8 N–H and O–H groups in total. The summed E-state index contributed by atoms with van der Waals surface area (Å²) in [5.74, 6) is -7.71. The van der Waals surface area contributed by atoms with Gasteiger partial charge in [-0.3, -0.25) is 24.0 Å². The van der Waals surface area contributed by atoms with Crippen molar-refractivity contribution in [2.24, 2.45) is 11.7 Å². The molecule has 0 rings (SSSR count). The van der Waals surface area contributed by atoms with Crippen LogP contribution in [0.4, 0.5) is 0 Å². The van der Waals surface area contributed by atoms with Crippen molar-refractivity contribution >= 4 is 35.6 Å². The van der Waals surface area contributed by atoms with Crippen LogP contribution in [0.25, 0.3) is 0 Å². The van der Waals surface area contributed by atoms with Gasteiger partial charge in [-0.05, 0) is 5.92 Å². The lowest BCUT2D eigenvalue weighted by Crippen LogP contribution is -2.58. The predicted molar refractivity (Wildman–Crippen MR) is 96.4 cm³/mol. The normalized spacial score (nSPS) is 14.6. The molecule has 4 atom stereocenters. The van der Waals surface area contributed by atoms with Crippen molar-refractivity contribution in [2.45, 2.75) is 51.2 Å². The highest BCUT2D eigenvalue weighted by Crippen LogP contribution is 2.09. The maximum absolute atomic E-state index is 12.5. The highest BCUT2D eigenvalue weighted by molar-refractivity contribution is 5.95. The van der Waals surface area contributed by atoms with Crippen LogP contribution in [0, 0.1) is 5.92 Å². The van der Waals surface area contributed by atoms with Gasteiger partial charge in [0.15, 0.2) is 0 Å². The van der Waals surface area contributed by atoms with Crippen molar-refractivity contribution in [2.75, 3.05) is 6.54 Å². The number of amides is 3. The van der Waals surface area contributed by atoms with Crippen LogP contribution in [-0.4, -0.2) is 75.6 Å². The van der Waals surface area contributed by atoms with E-state index < -0.39 is 79.1 Å². The molecule has 0 aromatic carbocycles. The minimum atomic E-state index is -1.82. The Kier molecular flexibility index (Phi) is 10.9. The van der Waals surface area contributed by atoms with E-state index in [1.165, 1.54) is 0 Å². The fourth-order valence-corrected chi connectivity index (χ4v) is 2.23. The van der Waals surface area contributed by atoms with Gasteiger partial charge in [-0.2, -0.15) is 0 Å². The first kappa shape index (κ1) is 25.8. The number of carbonyl (C=O) groups excluding carboxylic acids is 3. The minimum absolute atomic E-state index is 0.391. The number of nitrogens with one attached hydrogen (secondary N) is 3. The van der Waals surface area contributed by atoms with Crippen LogP contribution in [0.15, 0.2) is 0 Å². The number of carboxylic acid groups (broad SMARTS) is 3. The summed E-state index contributed by atoms with van der Waals surface area (Å²) < 4.78 is 0. The van der Waals surface area contributed by atoms with Crippen LogP contribution in [-0.2, 0) is 28.8 Å². The Labute approximate surface area is 166 Å². The molecule has 0 aromatic rings. The minimum Gasteiger partial charge on any atom is -0.481 e. The number of nitrogens with two attached hydrogens (primary N) is 1. The largest absolute Gasteiger partial charge is 0.481 e. The first-order valence-corrected chi connectivity index (χ1v) is 8.69. The van der Waals surface area contributed by atoms with Gasteiger partial charge in [-0.1, -0.05) is 20.3 Å². The summed E-state index contributed by atoms with van der Waals surface area (Å²) in [6.07, 6.45) is -1.38. The van der Waals surface area contributed by atoms with Crippen molar-refractivity contribution in [3.63, 3.8) is 0 Å². The molecule has 4 unspecified atom stereocenters. The van der Waals surface area contributed by atoms with E-state index in [2.05, 4.69) is 10.6 Å². The molecule has 0 saturated heterocycles. The molecule has 0 aliphatic carbocycles. The summed E-state index contributed by atoms with van der Waals surface area (Å²) in [7, 11) is 0. The van der Waals surface area contributed by atoms with E-state index in [4.69, 9.17) is 21.1 Å². The number of carboxylic acids is 3. The summed E-state index contributed by atoms with van der Waals surface area (Å²) in [5.41, 5.74) is 5.21. The molecule has 0 spiro atoms. The first-order chi connectivity index (χ1) is 13.4. The fourth-order valence-electron chi connectivity index (χ4n) is 2.23. The maximum atomic E-state index is 12.5. The van der Waals surface area contributed by atoms with Gasteiger partial charge in [0, 0.05) is 0 Å². The zero-order chi connectivity index (χ0) is 22.7. The van der Waals surface area contributed by atoms with E-state index in [-0.39, 0.29) is 0 Å². The van der Waals surface area contributed by atoms with Gasteiger partial charge < -0.3 is 37.0 Å².